The van der Waals surface area contributed by atoms with Gasteiger partial charge in [-0.25, -0.2) is 0 Å². The predicted molar refractivity (Wildman–Crippen MR) is 80.2 cm³/mol. The highest BCUT2D eigenvalue weighted by molar-refractivity contribution is 4.66. The molecule has 0 spiro atoms. The van der Waals surface area contributed by atoms with Crippen LogP contribution in [0.2, 0.25) is 0 Å². The lowest BCUT2D eigenvalue weighted by Gasteiger charge is -2.30. The molecule has 0 fully saturated rings. The molecular weight excluding hydrogens is 224 g/mol. The van der Waals surface area contributed by atoms with Crippen molar-refractivity contribution < 1.29 is 4.74 Å². The van der Waals surface area contributed by atoms with E-state index in [-0.39, 0.29) is 0 Å². The number of ether oxygens (including phenoxy) is 1. The van der Waals surface area contributed by atoms with Gasteiger partial charge in [-0.2, -0.15) is 0 Å². The van der Waals surface area contributed by atoms with Crippen LogP contribution in [0, 0.1) is 0 Å². The first-order valence-electron chi connectivity index (χ1n) is 7.63. The number of unbranched alkanes of at least 4 members (excludes halogenated alkanes) is 1. The molecule has 110 valence electrons. The monoisotopic (exact) mass is 258 g/mol. The van der Waals surface area contributed by atoms with Crippen LogP contribution in [-0.2, 0) is 4.74 Å². The summed E-state index contributed by atoms with van der Waals surface area (Å²) in [7, 11) is 0. The fourth-order valence-electron chi connectivity index (χ4n) is 2.14. The van der Waals surface area contributed by atoms with Crippen LogP contribution in [0.25, 0.3) is 0 Å². The molecule has 0 aromatic carbocycles. The SMILES string of the molecule is CCCNCCCCOCCN(C(C)C)C(C)C. The summed E-state index contributed by atoms with van der Waals surface area (Å²) in [6.45, 7) is 16.3. The van der Waals surface area contributed by atoms with Crippen molar-refractivity contribution in [2.75, 3.05) is 32.8 Å². The van der Waals surface area contributed by atoms with Gasteiger partial charge in [0.2, 0.25) is 0 Å². The minimum Gasteiger partial charge on any atom is -0.380 e. The maximum Gasteiger partial charge on any atom is 0.0593 e. The number of hydrogen-bond donors (Lipinski definition) is 1. The highest BCUT2D eigenvalue weighted by Crippen LogP contribution is 2.04. The smallest absolute Gasteiger partial charge is 0.0593 e. The molecule has 1 N–H and O–H groups in total. The zero-order valence-electron chi connectivity index (χ0n) is 13.2. The minimum absolute atomic E-state index is 0.604. The number of nitrogens with zero attached hydrogens (tertiary/aromatic N) is 1. The summed E-state index contributed by atoms with van der Waals surface area (Å²) in [6, 6.07) is 1.21. The van der Waals surface area contributed by atoms with Gasteiger partial charge in [0.05, 0.1) is 6.61 Å². The second kappa shape index (κ2) is 11.9. The van der Waals surface area contributed by atoms with Crippen LogP contribution in [0.15, 0.2) is 0 Å². The summed E-state index contributed by atoms with van der Waals surface area (Å²) in [5.41, 5.74) is 0. The molecular formula is C15H34N2O. The van der Waals surface area contributed by atoms with Gasteiger partial charge < -0.3 is 10.1 Å². The Hall–Kier alpha value is -0.120. The Kier molecular flexibility index (Phi) is 11.9. The van der Waals surface area contributed by atoms with Gasteiger partial charge in [-0.3, -0.25) is 4.90 Å². The van der Waals surface area contributed by atoms with Gasteiger partial charge in [0.1, 0.15) is 0 Å². The summed E-state index contributed by atoms with van der Waals surface area (Å²) >= 11 is 0. The second-order valence-corrected chi connectivity index (χ2v) is 5.49. The molecule has 0 atom stereocenters. The van der Waals surface area contributed by atoms with Crippen molar-refractivity contribution in [3.05, 3.63) is 0 Å². The number of rotatable bonds is 12. The van der Waals surface area contributed by atoms with Gasteiger partial charge in [-0.15, -0.1) is 0 Å². The maximum atomic E-state index is 5.70. The molecule has 0 aromatic heterocycles. The Labute approximate surface area is 114 Å². The van der Waals surface area contributed by atoms with Crippen LogP contribution < -0.4 is 5.32 Å². The first-order chi connectivity index (χ1) is 8.59. The third-order valence-corrected chi connectivity index (χ3v) is 3.14. The Bertz CT molecular complexity index is 164. The van der Waals surface area contributed by atoms with Crippen molar-refractivity contribution in [2.24, 2.45) is 0 Å². The van der Waals surface area contributed by atoms with Crippen LogP contribution in [0.1, 0.15) is 53.9 Å². The fraction of sp³-hybridized carbons (Fsp3) is 1.00. The molecule has 0 aliphatic heterocycles. The largest absolute Gasteiger partial charge is 0.380 e. The topological polar surface area (TPSA) is 24.5 Å². The lowest BCUT2D eigenvalue weighted by atomic mass is 10.2. The van der Waals surface area contributed by atoms with E-state index in [1.54, 1.807) is 0 Å². The summed E-state index contributed by atoms with van der Waals surface area (Å²) in [4.78, 5) is 2.48. The average Bonchev–Trinajstić information content (AvgIpc) is 2.30. The summed E-state index contributed by atoms with van der Waals surface area (Å²) in [6.07, 6.45) is 3.61. The molecule has 18 heavy (non-hydrogen) atoms. The van der Waals surface area contributed by atoms with Crippen molar-refractivity contribution in [3.8, 4) is 0 Å². The number of hydrogen-bond acceptors (Lipinski definition) is 3. The third-order valence-electron chi connectivity index (χ3n) is 3.14. The first-order valence-corrected chi connectivity index (χ1v) is 7.63. The lowest BCUT2D eigenvalue weighted by molar-refractivity contribution is 0.0767. The van der Waals surface area contributed by atoms with Crippen molar-refractivity contribution in [1.29, 1.82) is 0 Å². The molecule has 0 aliphatic carbocycles. The van der Waals surface area contributed by atoms with Crippen molar-refractivity contribution in [1.82, 2.24) is 10.2 Å². The molecule has 0 heterocycles. The quantitative estimate of drug-likeness (QED) is 0.545. The molecule has 0 saturated carbocycles. The van der Waals surface area contributed by atoms with Gasteiger partial charge in [0.25, 0.3) is 0 Å². The van der Waals surface area contributed by atoms with E-state index in [2.05, 4.69) is 44.8 Å². The lowest BCUT2D eigenvalue weighted by Crippen LogP contribution is -2.39. The standard InChI is InChI=1S/C15H34N2O/c1-6-9-16-10-7-8-12-18-13-11-17(14(2)3)15(4)5/h14-16H,6-13H2,1-5H3. The zero-order chi connectivity index (χ0) is 13.8. The molecule has 0 amide bonds. The molecule has 0 unspecified atom stereocenters. The van der Waals surface area contributed by atoms with Gasteiger partial charge in [0.15, 0.2) is 0 Å². The Morgan fingerprint density at radius 1 is 0.944 bits per heavy atom. The van der Waals surface area contributed by atoms with Crippen molar-refractivity contribution in [3.63, 3.8) is 0 Å². The average molecular weight is 258 g/mol. The van der Waals surface area contributed by atoms with E-state index in [4.69, 9.17) is 4.74 Å². The third kappa shape index (κ3) is 9.86. The van der Waals surface area contributed by atoms with E-state index < -0.39 is 0 Å². The van der Waals surface area contributed by atoms with Crippen LogP contribution >= 0.6 is 0 Å². The van der Waals surface area contributed by atoms with E-state index in [1.807, 2.05) is 0 Å². The van der Waals surface area contributed by atoms with E-state index in [0.717, 1.165) is 32.8 Å². The molecule has 0 aliphatic rings. The molecule has 0 radical (unpaired) electrons. The molecule has 0 bridgehead atoms. The first kappa shape index (κ1) is 17.9. The van der Waals surface area contributed by atoms with Gasteiger partial charge in [0, 0.05) is 25.2 Å². The molecule has 0 rings (SSSR count). The summed E-state index contributed by atoms with van der Waals surface area (Å²) in [5, 5.41) is 3.41. The van der Waals surface area contributed by atoms with Gasteiger partial charge in [-0.05, 0) is 60.0 Å². The molecule has 3 heteroatoms. The maximum absolute atomic E-state index is 5.70. The molecule has 3 nitrogen and oxygen atoms in total. The van der Waals surface area contributed by atoms with Crippen LogP contribution in [-0.4, -0.2) is 49.8 Å². The molecule has 0 saturated heterocycles. The summed E-state index contributed by atoms with van der Waals surface area (Å²) < 4.78 is 5.70. The highest BCUT2D eigenvalue weighted by Gasteiger charge is 2.12. The highest BCUT2D eigenvalue weighted by atomic mass is 16.5. The van der Waals surface area contributed by atoms with E-state index >= 15 is 0 Å². The normalized spacial score (nSPS) is 12.0. The number of nitrogens with one attached hydrogen (secondary N) is 1. The Morgan fingerprint density at radius 2 is 1.61 bits per heavy atom. The van der Waals surface area contributed by atoms with E-state index in [9.17, 15) is 0 Å². The molecule has 0 aromatic rings. The second-order valence-electron chi connectivity index (χ2n) is 5.49. The predicted octanol–water partition coefficient (Wildman–Crippen LogP) is 2.90. The van der Waals surface area contributed by atoms with Crippen LogP contribution in [0.4, 0.5) is 0 Å². The van der Waals surface area contributed by atoms with Crippen LogP contribution in [0.5, 0.6) is 0 Å². The van der Waals surface area contributed by atoms with E-state index in [1.165, 1.54) is 19.3 Å². The minimum atomic E-state index is 0.604. The van der Waals surface area contributed by atoms with Gasteiger partial charge in [-0.1, -0.05) is 6.92 Å². The van der Waals surface area contributed by atoms with Gasteiger partial charge >= 0.3 is 0 Å². The van der Waals surface area contributed by atoms with E-state index in [0.29, 0.717) is 12.1 Å². The Morgan fingerprint density at radius 3 is 2.17 bits per heavy atom. The zero-order valence-corrected chi connectivity index (χ0v) is 13.2. The van der Waals surface area contributed by atoms with Crippen molar-refractivity contribution in [2.45, 2.75) is 66.0 Å². The Balaban J connectivity index is 3.33. The fourth-order valence-corrected chi connectivity index (χ4v) is 2.14. The van der Waals surface area contributed by atoms with Crippen LogP contribution in [0.3, 0.4) is 0 Å². The summed E-state index contributed by atoms with van der Waals surface area (Å²) in [5.74, 6) is 0. The van der Waals surface area contributed by atoms with Crippen molar-refractivity contribution >= 4 is 0 Å².